The van der Waals surface area contributed by atoms with Gasteiger partial charge in [-0.05, 0) is 88.3 Å². The Kier molecular flexibility index (Phi) is 6.47. The normalized spacial score (nSPS) is 11.2. The van der Waals surface area contributed by atoms with E-state index in [1.54, 1.807) is 0 Å². The molecular weight excluding hydrogens is 536 g/mol. The van der Waals surface area contributed by atoms with Crippen molar-refractivity contribution in [2.45, 2.75) is 0 Å². The third-order valence-corrected chi connectivity index (χ3v) is 8.12. The van der Waals surface area contributed by atoms with Crippen molar-refractivity contribution in [3.63, 3.8) is 0 Å². The summed E-state index contributed by atoms with van der Waals surface area (Å²) in [7, 11) is 0. The molecule has 0 aliphatic carbocycles. The Balaban J connectivity index is 1.17. The molecule has 7 aromatic carbocycles. The molecule has 3 heteroatoms. The van der Waals surface area contributed by atoms with E-state index in [2.05, 4.69) is 132 Å². The lowest BCUT2D eigenvalue weighted by Crippen LogP contribution is -2.09. The number of hydrogen-bond acceptors (Lipinski definition) is 3. The molecule has 0 bridgehead atoms. The van der Waals surface area contributed by atoms with Crippen molar-refractivity contribution in [1.29, 1.82) is 0 Å². The van der Waals surface area contributed by atoms with Gasteiger partial charge < -0.3 is 9.32 Å². The minimum atomic E-state index is 0.640. The van der Waals surface area contributed by atoms with Crippen molar-refractivity contribution in [1.82, 2.24) is 4.98 Å². The van der Waals surface area contributed by atoms with Crippen LogP contribution in [0.5, 0.6) is 0 Å². The first kappa shape index (κ1) is 25.8. The lowest BCUT2D eigenvalue weighted by Gasteiger charge is -2.26. The first-order valence-electron chi connectivity index (χ1n) is 14.8. The van der Waals surface area contributed by atoms with Crippen LogP contribution >= 0.6 is 0 Å². The maximum absolute atomic E-state index is 6.15. The highest BCUT2D eigenvalue weighted by Crippen LogP contribution is 2.39. The van der Waals surface area contributed by atoms with E-state index in [0.29, 0.717) is 5.89 Å². The lowest BCUT2D eigenvalue weighted by atomic mass is 9.97. The molecule has 0 saturated heterocycles. The Hall–Kier alpha value is -5.93. The Morgan fingerprint density at radius 1 is 0.386 bits per heavy atom. The molecule has 0 amide bonds. The highest BCUT2D eigenvalue weighted by molar-refractivity contribution is 6.09. The maximum atomic E-state index is 6.15. The molecule has 208 valence electrons. The predicted octanol–water partition coefficient (Wildman–Crippen LogP) is 11.5. The van der Waals surface area contributed by atoms with E-state index in [0.717, 1.165) is 50.1 Å². The zero-order valence-corrected chi connectivity index (χ0v) is 24.0. The summed E-state index contributed by atoms with van der Waals surface area (Å²) in [6.45, 7) is 0. The molecule has 1 aromatic heterocycles. The van der Waals surface area contributed by atoms with Gasteiger partial charge in [-0.3, -0.25) is 0 Å². The molecule has 0 atom stereocenters. The number of rotatable bonds is 6. The topological polar surface area (TPSA) is 29.3 Å². The number of para-hydroxylation sites is 1. The van der Waals surface area contributed by atoms with Crippen molar-refractivity contribution in [2.24, 2.45) is 0 Å². The van der Waals surface area contributed by atoms with Gasteiger partial charge in [-0.15, -0.1) is 0 Å². The molecule has 3 nitrogen and oxygen atoms in total. The largest absolute Gasteiger partial charge is 0.436 e. The number of benzene rings is 7. The van der Waals surface area contributed by atoms with E-state index < -0.39 is 0 Å². The van der Waals surface area contributed by atoms with Crippen LogP contribution in [0.3, 0.4) is 0 Å². The summed E-state index contributed by atoms with van der Waals surface area (Å²) in [6.07, 6.45) is 0. The minimum absolute atomic E-state index is 0.640. The molecule has 0 aliphatic heterocycles. The Labute approximate surface area is 256 Å². The van der Waals surface area contributed by atoms with E-state index in [4.69, 9.17) is 9.40 Å². The summed E-state index contributed by atoms with van der Waals surface area (Å²) in [5.41, 5.74) is 10.7. The van der Waals surface area contributed by atoms with Gasteiger partial charge in [0.2, 0.25) is 5.89 Å². The number of anilines is 3. The predicted molar refractivity (Wildman–Crippen MR) is 183 cm³/mol. The molecule has 0 N–H and O–H groups in total. The van der Waals surface area contributed by atoms with Crippen molar-refractivity contribution >= 4 is 38.9 Å². The summed E-state index contributed by atoms with van der Waals surface area (Å²) in [6, 6.07) is 59.3. The smallest absolute Gasteiger partial charge is 0.227 e. The van der Waals surface area contributed by atoms with Crippen LogP contribution in [0.1, 0.15) is 0 Å². The Bertz CT molecular complexity index is 2190. The van der Waals surface area contributed by atoms with E-state index >= 15 is 0 Å². The number of hydrogen-bond donors (Lipinski definition) is 0. The summed E-state index contributed by atoms with van der Waals surface area (Å²) >= 11 is 0. The highest BCUT2D eigenvalue weighted by atomic mass is 16.3. The van der Waals surface area contributed by atoms with Gasteiger partial charge in [0.25, 0.3) is 0 Å². The summed E-state index contributed by atoms with van der Waals surface area (Å²) in [5, 5.41) is 2.23. The van der Waals surface area contributed by atoms with Gasteiger partial charge in [-0.1, -0.05) is 109 Å². The fourth-order valence-electron chi connectivity index (χ4n) is 5.95. The number of oxazole rings is 1. The fourth-order valence-corrected chi connectivity index (χ4v) is 5.95. The SMILES string of the molecule is c1ccc(-c2ccc(N(c3ccccc3)c3ccc(-c4cccc5c4ccc4oc(-c6ccccc6)nc45)cc3)cc2)cc1. The van der Waals surface area contributed by atoms with Crippen LogP contribution in [0, 0.1) is 0 Å². The van der Waals surface area contributed by atoms with Gasteiger partial charge in [0.15, 0.2) is 5.58 Å². The summed E-state index contributed by atoms with van der Waals surface area (Å²) in [4.78, 5) is 7.20. The van der Waals surface area contributed by atoms with Crippen LogP contribution in [0.15, 0.2) is 174 Å². The molecule has 8 rings (SSSR count). The average Bonchev–Trinajstić information content (AvgIpc) is 3.56. The fraction of sp³-hybridized carbons (Fsp3) is 0. The minimum Gasteiger partial charge on any atom is -0.436 e. The van der Waals surface area contributed by atoms with Gasteiger partial charge in [0.1, 0.15) is 5.52 Å². The maximum Gasteiger partial charge on any atom is 0.227 e. The second kappa shape index (κ2) is 11.0. The standard InChI is InChI=1S/C41H28N2O/c1-4-11-29(12-5-1)30-19-23-34(24-20-30)43(33-15-8-3-9-16-33)35-25-21-31(22-26-35)36-17-10-18-38-37(36)27-28-39-40(38)42-41(44-39)32-13-6-2-7-14-32/h1-28H. The molecule has 8 aromatic rings. The second-order valence-corrected chi connectivity index (χ2v) is 10.8. The molecule has 44 heavy (non-hydrogen) atoms. The molecular formula is C41H28N2O. The molecule has 1 heterocycles. The monoisotopic (exact) mass is 564 g/mol. The second-order valence-electron chi connectivity index (χ2n) is 10.8. The van der Waals surface area contributed by atoms with Gasteiger partial charge >= 0.3 is 0 Å². The first-order chi connectivity index (χ1) is 21.8. The van der Waals surface area contributed by atoms with Crippen LogP contribution in [0.2, 0.25) is 0 Å². The molecule has 0 unspecified atom stereocenters. The van der Waals surface area contributed by atoms with Gasteiger partial charge in [-0.2, -0.15) is 0 Å². The molecule has 0 spiro atoms. The summed E-state index contributed by atoms with van der Waals surface area (Å²) in [5.74, 6) is 0.640. The molecule has 0 aliphatic rings. The van der Waals surface area contributed by atoms with Crippen molar-refractivity contribution < 1.29 is 4.42 Å². The van der Waals surface area contributed by atoms with Gasteiger partial charge in [0, 0.05) is 28.0 Å². The number of fused-ring (bicyclic) bond motifs is 3. The van der Waals surface area contributed by atoms with Crippen LogP contribution in [-0.2, 0) is 0 Å². The highest BCUT2D eigenvalue weighted by Gasteiger charge is 2.15. The molecule has 0 radical (unpaired) electrons. The number of aromatic nitrogens is 1. The van der Waals surface area contributed by atoms with Crippen molar-refractivity contribution in [2.75, 3.05) is 4.90 Å². The zero-order chi connectivity index (χ0) is 29.3. The van der Waals surface area contributed by atoms with Crippen LogP contribution < -0.4 is 4.90 Å². The Morgan fingerprint density at radius 3 is 1.59 bits per heavy atom. The van der Waals surface area contributed by atoms with E-state index in [-0.39, 0.29) is 0 Å². The van der Waals surface area contributed by atoms with Crippen LogP contribution in [0.4, 0.5) is 17.1 Å². The average molecular weight is 565 g/mol. The quantitative estimate of drug-likeness (QED) is 0.201. The van der Waals surface area contributed by atoms with E-state index in [1.165, 1.54) is 16.7 Å². The van der Waals surface area contributed by atoms with E-state index in [1.807, 2.05) is 42.5 Å². The third kappa shape index (κ3) is 4.71. The van der Waals surface area contributed by atoms with Gasteiger partial charge in [0.05, 0.1) is 0 Å². The first-order valence-corrected chi connectivity index (χ1v) is 14.8. The molecule has 0 saturated carbocycles. The Morgan fingerprint density at radius 2 is 0.932 bits per heavy atom. The lowest BCUT2D eigenvalue weighted by molar-refractivity contribution is 0.620. The van der Waals surface area contributed by atoms with E-state index in [9.17, 15) is 0 Å². The van der Waals surface area contributed by atoms with Crippen molar-refractivity contribution in [3.8, 4) is 33.7 Å². The van der Waals surface area contributed by atoms with Crippen LogP contribution in [0.25, 0.3) is 55.6 Å². The number of nitrogens with zero attached hydrogens (tertiary/aromatic N) is 2. The zero-order valence-electron chi connectivity index (χ0n) is 24.0. The summed E-state index contributed by atoms with van der Waals surface area (Å²) < 4.78 is 6.15. The van der Waals surface area contributed by atoms with Crippen molar-refractivity contribution in [3.05, 3.63) is 170 Å². The van der Waals surface area contributed by atoms with Gasteiger partial charge in [-0.25, -0.2) is 4.98 Å². The third-order valence-electron chi connectivity index (χ3n) is 8.12. The van der Waals surface area contributed by atoms with Crippen LogP contribution in [-0.4, -0.2) is 4.98 Å². The molecule has 0 fully saturated rings.